The number of fused-ring (bicyclic) bond motifs is 1. The van der Waals surface area contributed by atoms with Gasteiger partial charge in [-0.3, -0.25) is 9.59 Å². The minimum absolute atomic E-state index is 0.0251. The zero-order valence-electron chi connectivity index (χ0n) is 14.6. The Balaban J connectivity index is 1.84. The highest BCUT2D eigenvalue weighted by molar-refractivity contribution is 7.88. The van der Waals surface area contributed by atoms with Crippen molar-refractivity contribution < 1.29 is 18.0 Å². The van der Waals surface area contributed by atoms with Crippen LogP contribution < -0.4 is 5.32 Å². The average Bonchev–Trinajstić information content (AvgIpc) is 3.17. The highest BCUT2D eigenvalue weighted by Gasteiger charge is 2.37. The van der Waals surface area contributed by atoms with E-state index in [4.69, 9.17) is 0 Å². The zero-order chi connectivity index (χ0) is 19.1. The molecule has 10 heteroatoms. The first kappa shape index (κ1) is 18.8. The molecule has 1 fully saturated rings. The van der Waals surface area contributed by atoms with Crippen LogP contribution in [-0.4, -0.2) is 54.8 Å². The number of carbonyl (C=O) groups is 2. The number of thiophene rings is 1. The summed E-state index contributed by atoms with van der Waals surface area (Å²) >= 11 is 1.29. The third kappa shape index (κ3) is 3.47. The summed E-state index contributed by atoms with van der Waals surface area (Å²) in [5.41, 5.74) is 1.29. The molecule has 0 aromatic carbocycles. The molecule has 0 saturated carbocycles. The van der Waals surface area contributed by atoms with E-state index in [2.05, 4.69) is 11.4 Å². The van der Waals surface area contributed by atoms with Crippen LogP contribution in [0.3, 0.4) is 0 Å². The first-order valence-electron chi connectivity index (χ1n) is 8.30. The predicted octanol–water partition coefficient (Wildman–Crippen LogP) is 0.887. The van der Waals surface area contributed by atoms with Crippen molar-refractivity contribution in [1.82, 2.24) is 9.21 Å². The molecule has 8 nitrogen and oxygen atoms in total. The highest BCUT2D eigenvalue weighted by atomic mass is 32.2. The fourth-order valence-corrected chi connectivity index (χ4v) is 5.81. The number of carbonyl (C=O) groups excluding carboxylic acids is 2. The lowest BCUT2D eigenvalue weighted by Crippen LogP contribution is -2.42. The highest BCUT2D eigenvalue weighted by Crippen LogP contribution is 2.37. The molecule has 26 heavy (non-hydrogen) atoms. The summed E-state index contributed by atoms with van der Waals surface area (Å²) in [6.07, 6.45) is 2.76. The lowest BCUT2D eigenvalue weighted by atomic mass is 10.0. The fraction of sp³-hybridized carbons (Fsp3) is 0.562. The third-order valence-electron chi connectivity index (χ3n) is 4.78. The SMILES string of the molecule is CC(=O)N1CCc2c(sc(NC(=O)C3CCCN3S(C)(=O)=O)c2C#N)C1. The van der Waals surface area contributed by atoms with Crippen molar-refractivity contribution in [1.29, 1.82) is 5.26 Å². The quantitative estimate of drug-likeness (QED) is 0.816. The normalized spacial score (nSPS) is 20.5. The molecule has 1 aromatic heterocycles. The molecule has 140 valence electrons. The van der Waals surface area contributed by atoms with Crippen LogP contribution in [0.4, 0.5) is 5.00 Å². The van der Waals surface area contributed by atoms with Gasteiger partial charge in [-0.15, -0.1) is 11.3 Å². The molecule has 0 bridgehead atoms. The molecule has 0 radical (unpaired) electrons. The molecular weight excluding hydrogens is 376 g/mol. The monoisotopic (exact) mass is 396 g/mol. The topological polar surface area (TPSA) is 111 Å². The third-order valence-corrected chi connectivity index (χ3v) is 7.20. The van der Waals surface area contributed by atoms with Crippen molar-refractivity contribution in [2.24, 2.45) is 0 Å². The lowest BCUT2D eigenvalue weighted by molar-refractivity contribution is -0.129. The van der Waals surface area contributed by atoms with Crippen molar-refractivity contribution in [3.8, 4) is 6.07 Å². The predicted molar refractivity (Wildman–Crippen MR) is 97.0 cm³/mol. The number of nitrogens with zero attached hydrogens (tertiary/aromatic N) is 3. The van der Waals surface area contributed by atoms with Crippen molar-refractivity contribution in [3.05, 3.63) is 16.0 Å². The molecule has 2 aliphatic heterocycles. The number of hydrogen-bond donors (Lipinski definition) is 1. The van der Waals surface area contributed by atoms with Gasteiger partial charge in [0, 0.05) is 24.9 Å². The maximum atomic E-state index is 12.6. The molecule has 1 N–H and O–H groups in total. The molecule has 0 aliphatic carbocycles. The minimum atomic E-state index is -3.46. The molecule has 1 unspecified atom stereocenters. The van der Waals surface area contributed by atoms with Crippen molar-refractivity contribution >= 4 is 38.2 Å². The second kappa shape index (κ2) is 6.98. The van der Waals surface area contributed by atoms with Gasteiger partial charge in [-0.1, -0.05) is 0 Å². The van der Waals surface area contributed by atoms with Gasteiger partial charge in [0.05, 0.1) is 18.4 Å². The summed E-state index contributed by atoms with van der Waals surface area (Å²) in [7, 11) is -3.46. The number of rotatable bonds is 3. The smallest absolute Gasteiger partial charge is 0.243 e. The number of nitriles is 1. The van der Waals surface area contributed by atoms with E-state index in [-0.39, 0.29) is 5.91 Å². The number of amides is 2. The van der Waals surface area contributed by atoms with Gasteiger partial charge >= 0.3 is 0 Å². The van der Waals surface area contributed by atoms with Gasteiger partial charge in [-0.25, -0.2) is 8.42 Å². The van der Waals surface area contributed by atoms with Crippen LogP contribution in [0.5, 0.6) is 0 Å². The maximum Gasteiger partial charge on any atom is 0.243 e. The largest absolute Gasteiger partial charge is 0.337 e. The summed E-state index contributed by atoms with van der Waals surface area (Å²) in [6.45, 7) is 2.81. The van der Waals surface area contributed by atoms with Crippen LogP contribution in [0.25, 0.3) is 0 Å². The van der Waals surface area contributed by atoms with Crippen LogP contribution >= 0.6 is 11.3 Å². The number of sulfonamides is 1. The molecule has 2 amide bonds. The molecular formula is C16H20N4O4S2. The van der Waals surface area contributed by atoms with Crippen LogP contribution in [-0.2, 0) is 32.6 Å². The minimum Gasteiger partial charge on any atom is -0.337 e. The van der Waals surface area contributed by atoms with E-state index in [1.54, 1.807) is 4.90 Å². The number of nitrogens with one attached hydrogen (secondary N) is 1. The summed E-state index contributed by atoms with van der Waals surface area (Å²) in [4.78, 5) is 26.8. The molecule has 1 atom stereocenters. The summed E-state index contributed by atoms with van der Waals surface area (Å²) in [5, 5.41) is 12.7. The first-order valence-corrected chi connectivity index (χ1v) is 11.0. The molecule has 0 spiro atoms. The van der Waals surface area contributed by atoms with Gasteiger partial charge in [0.25, 0.3) is 0 Å². The van der Waals surface area contributed by atoms with E-state index < -0.39 is 22.0 Å². The van der Waals surface area contributed by atoms with Gasteiger partial charge in [0.15, 0.2) is 0 Å². The second-order valence-corrected chi connectivity index (χ2v) is 9.57. The lowest BCUT2D eigenvalue weighted by Gasteiger charge is -2.25. The molecule has 3 heterocycles. The first-order chi connectivity index (χ1) is 12.2. The van der Waals surface area contributed by atoms with Crippen LogP contribution in [0.15, 0.2) is 0 Å². The maximum absolute atomic E-state index is 12.6. The molecule has 1 aromatic rings. The molecule has 2 aliphatic rings. The fourth-order valence-electron chi connectivity index (χ4n) is 3.47. The Kier molecular flexibility index (Phi) is 5.05. The van der Waals surface area contributed by atoms with Gasteiger partial charge in [0.1, 0.15) is 17.1 Å². The van der Waals surface area contributed by atoms with Gasteiger partial charge in [-0.05, 0) is 24.8 Å². The van der Waals surface area contributed by atoms with Gasteiger partial charge in [-0.2, -0.15) is 9.57 Å². The van der Waals surface area contributed by atoms with Crippen molar-refractivity contribution in [3.63, 3.8) is 0 Å². The Morgan fingerprint density at radius 3 is 2.69 bits per heavy atom. The van der Waals surface area contributed by atoms with E-state index in [1.165, 1.54) is 22.6 Å². The standard InChI is InChI=1S/C16H20N4O4S2/c1-10(21)19-7-5-11-12(8-17)16(25-14(11)9-19)18-15(22)13-4-3-6-20(13)26(2,23)24/h13H,3-7,9H2,1-2H3,(H,18,22). The summed E-state index contributed by atoms with van der Waals surface area (Å²) < 4.78 is 24.9. The van der Waals surface area contributed by atoms with E-state index in [0.717, 1.165) is 16.7 Å². The summed E-state index contributed by atoms with van der Waals surface area (Å²) in [5.74, 6) is -0.436. The van der Waals surface area contributed by atoms with Gasteiger partial charge < -0.3 is 10.2 Å². The molecule has 1 saturated heterocycles. The van der Waals surface area contributed by atoms with Crippen LogP contribution in [0.2, 0.25) is 0 Å². The zero-order valence-corrected chi connectivity index (χ0v) is 16.2. The Bertz CT molecular complexity index is 900. The van der Waals surface area contributed by atoms with E-state index in [9.17, 15) is 23.3 Å². The van der Waals surface area contributed by atoms with Crippen molar-refractivity contribution in [2.75, 3.05) is 24.7 Å². The number of anilines is 1. The Hall–Kier alpha value is -1.96. The Morgan fingerprint density at radius 2 is 2.08 bits per heavy atom. The Labute approximate surface area is 156 Å². The Morgan fingerprint density at radius 1 is 1.35 bits per heavy atom. The van der Waals surface area contributed by atoms with E-state index in [1.807, 2.05) is 0 Å². The van der Waals surface area contributed by atoms with E-state index >= 15 is 0 Å². The van der Waals surface area contributed by atoms with Crippen molar-refractivity contribution in [2.45, 2.75) is 38.8 Å². The second-order valence-electron chi connectivity index (χ2n) is 6.53. The molecule has 3 rings (SSSR count). The summed E-state index contributed by atoms with van der Waals surface area (Å²) in [6, 6.07) is 1.40. The average molecular weight is 396 g/mol. The number of hydrogen-bond acceptors (Lipinski definition) is 6. The van der Waals surface area contributed by atoms with Crippen LogP contribution in [0, 0.1) is 11.3 Å². The van der Waals surface area contributed by atoms with Crippen LogP contribution in [0.1, 0.15) is 35.8 Å². The van der Waals surface area contributed by atoms with Gasteiger partial charge in [0.2, 0.25) is 21.8 Å². The van der Waals surface area contributed by atoms with E-state index in [0.29, 0.717) is 49.5 Å².